The number of fused-ring (bicyclic) bond motifs is 1. The minimum Gasteiger partial charge on any atom is -0.482 e. The van der Waals surface area contributed by atoms with E-state index in [0.29, 0.717) is 23.5 Å². The summed E-state index contributed by atoms with van der Waals surface area (Å²) in [5, 5.41) is 5.66. The number of rotatable bonds is 3. The Morgan fingerprint density at radius 3 is 2.58 bits per heavy atom. The Morgan fingerprint density at radius 2 is 1.88 bits per heavy atom. The van der Waals surface area contributed by atoms with E-state index in [1.807, 2.05) is 0 Å². The van der Waals surface area contributed by atoms with Crippen LogP contribution in [0.2, 0.25) is 0 Å². The molecule has 0 radical (unpaired) electrons. The van der Waals surface area contributed by atoms with Crippen molar-refractivity contribution < 1.29 is 14.3 Å². The maximum Gasteiger partial charge on any atom is 0.262 e. The number of nitrogens with one attached hydrogen (secondary N) is 2. The second kappa shape index (κ2) is 6.35. The molecule has 24 heavy (non-hydrogen) atoms. The van der Waals surface area contributed by atoms with E-state index in [4.69, 9.17) is 4.74 Å². The van der Waals surface area contributed by atoms with Crippen LogP contribution in [0.4, 0.5) is 5.69 Å². The zero-order chi connectivity index (χ0) is 17.3. The van der Waals surface area contributed by atoms with Gasteiger partial charge in [-0.15, -0.1) is 0 Å². The van der Waals surface area contributed by atoms with Gasteiger partial charge in [0.2, 0.25) is 0 Å². The van der Waals surface area contributed by atoms with Crippen LogP contribution in [-0.4, -0.2) is 18.4 Å². The molecule has 0 unspecified atom stereocenters. The first-order chi connectivity index (χ1) is 11.4. The van der Waals surface area contributed by atoms with Crippen LogP contribution in [0.5, 0.6) is 5.75 Å². The van der Waals surface area contributed by atoms with E-state index in [-0.39, 0.29) is 18.4 Å². The summed E-state index contributed by atoms with van der Waals surface area (Å²) in [7, 11) is 0. The van der Waals surface area contributed by atoms with Gasteiger partial charge in [-0.1, -0.05) is 17.7 Å². The van der Waals surface area contributed by atoms with Crippen LogP contribution < -0.4 is 15.4 Å². The van der Waals surface area contributed by atoms with Gasteiger partial charge >= 0.3 is 0 Å². The predicted molar refractivity (Wildman–Crippen MR) is 92.4 cm³/mol. The normalized spacial score (nSPS) is 12.9. The summed E-state index contributed by atoms with van der Waals surface area (Å²) in [6.45, 7) is 6.62. The first-order valence-electron chi connectivity index (χ1n) is 7.85. The molecule has 2 N–H and O–H groups in total. The molecule has 2 aromatic carbocycles. The quantitative estimate of drug-likeness (QED) is 0.912. The maximum absolute atomic E-state index is 12.4. The lowest BCUT2D eigenvalue weighted by Gasteiger charge is -2.18. The maximum atomic E-state index is 12.4. The standard InChI is InChI=1S/C19H20N2O3/c1-11-6-12(2)15(13(3)7-11)9-20-19(23)14-4-5-16-17(8-14)24-10-18(22)21-16/h4-8H,9-10H2,1-3H3,(H,20,23)(H,21,22). The van der Waals surface area contributed by atoms with Crippen molar-refractivity contribution in [2.75, 3.05) is 11.9 Å². The Balaban J connectivity index is 1.73. The summed E-state index contributed by atoms with van der Waals surface area (Å²) in [5.74, 6) is 0.160. The van der Waals surface area contributed by atoms with Crippen LogP contribution in [0.1, 0.15) is 32.6 Å². The molecule has 2 aromatic rings. The lowest BCUT2D eigenvalue weighted by Crippen LogP contribution is -2.27. The van der Waals surface area contributed by atoms with Gasteiger partial charge in [0.05, 0.1) is 5.69 Å². The van der Waals surface area contributed by atoms with E-state index in [1.165, 1.54) is 16.7 Å². The number of anilines is 1. The Bertz CT molecular complexity index is 804. The number of hydrogen-bond donors (Lipinski definition) is 2. The van der Waals surface area contributed by atoms with Gasteiger partial charge in [0, 0.05) is 12.1 Å². The van der Waals surface area contributed by atoms with E-state index in [2.05, 4.69) is 43.5 Å². The van der Waals surface area contributed by atoms with Crippen molar-refractivity contribution in [1.82, 2.24) is 5.32 Å². The second-order valence-electron chi connectivity index (χ2n) is 6.11. The molecule has 0 bridgehead atoms. The van der Waals surface area contributed by atoms with Crippen LogP contribution >= 0.6 is 0 Å². The monoisotopic (exact) mass is 324 g/mol. The average molecular weight is 324 g/mol. The van der Waals surface area contributed by atoms with E-state index in [9.17, 15) is 9.59 Å². The number of carbonyl (C=O) groups excluding carboxylic acids is 2. The second-order valence-corrected chi connectivity index (χ2v) is 6.11. The molecule has 0 fully saturated rings. The number of carbonyl (C=O) groups is 2. The Morgan fingerprint density at radius 1 is 1.17 bits per heavy atom. The highest BCUT2D eigenvalue weighted by atomic mass is 16.5. The fourth-order valence-corrected chi connectivity index (χ4v) is 2.98. The molecule has 124 valence electrons. The van der Waals surface area contributed by atoms with Crippen molar-refractivity contribution in [1.29, 1.82) is 0 Å². The van der Waals surface area contributed by atoms with Crippen molar-refractivity contribution in [3.63, 3.8) is 0 Å². The molecule has 3 rings (SSSR count). The summed E-state index contributed by atoms with van der Waals surface area (Å²) < 4.78 is 5.35. The molecule has 1 aliphatic rings. The molecule has 0 saturated carbocycles. The highest BCUT2D eigenvalue weighted by Gasteiger charge is 2.18. The largest absolute Gasteiger partial charge is 0.482 e. The molecule has 0 spiro atoms. The molecule has 0 aliphatic carbocycles. The fraction of sp³-hybridized carbons (Fsp3) is 0.263. The van der Waals surface area contributed by atoms with E-state index in [1.54, 1.807) is 18.2 Å². The Hall–Kier alpha value is -2.82. The van der Waals surface area contributed by atoms with Crippen molar-refractivity contribution in [2.45, 2.75) is 27.3 Å². The van der Waals surface area contributed by atoms with Crippen LogP contribution in [0.3, 0.4) is 0 Å². The van der Waals surface area contributed by atoms with Gasteiger partial charge in [-0.3, -0.25) is 9.59 Å². The van der Waals surface area contributed by atoms with Gasteiger partial charge in [0.25, 0.3) is 11.8 Å². The smallest absolute Gasteiger partial charge is 0.262 e. The highest BCUT2D eigenvalue weighted by molar-refractivity contribution is 5.98. The van der Waals surface area contributed by atoms with Gasteiger partial charge in [0.15, 0.2) is 6.61 Å². The third kappa shape index (κ3) is 3.25. The minimum absolute atomic E-state index is 0.0279. The number of ether oxygens (including phenoxy) is 1. The van der Waals surface area contributed by atoms with Gasteiger partial charge in [-0.05, 0) is 55.7 Å². The molecule has 1 aliphatic heterocycles. The third-order valence-corrected chi connectivity index (χ3v) is 4.14. The van der Waals surface area contributed by atoms with E-state index >= 15 is 0 Å². The zero-order valence-corrected chi connectivity index (χ0v) is 14.0. The summed E-state index contributed by atoms with van der Waals surface area (Å²) in [6, 6.07) is 9.24. The van der Waals surface area contributed by atoms with Gasteiger partial charge in [-0.25, -0.2) is 0 Å². The zero-order valence-electron chi connectivity index (χ0n) is 14.0. The number of amides is 2. The van der Waals surface area contributed by atoms with Gasteiger partial charge in [0.1, 0.15) is 5.75 Å². The minimum atomic E-state index is -0.190. The average Bonchev–Trinajstić information content (AvgIpc) is 2.53. The molecule has 2 amide bonds. The molecule has 0 atom stereocenters. The molecular weight excluding hydrogens is 304 g/mol. The van der Waals surface area contributed by atoms with Crippen molar-refractivity contribution >= 4 is 17.5 Å². The number of benzene rings is 2. The predicted octanol–water partition coefficient (Wildman–Crippen LogP) is 2.87. The first kappa shape index (κ1) is 16.1. The number of aryl methyl sites for hydroxylation is 3. The summed E-state index contributed by atoms with van der Waals surface area (Å²) >= 11 is 0. The van der Waals surface area contributed by atoms with Gasteiger partial charge in [-0.2, -0.15) is 0 Å². The van der Waals surface area contributed by atoms with E-state index in [0.717, 1.165) is 5.56 Å². The Labute approximate surface area is 141 Å². The topological polar surface area (TPSA) is 67.4 Å². The summed E-state index contributed by atoms with van der Waals surface area (Å²) in [6.07, 6.45) is 0. The molecule has 1 heterocycles. The molecule has 5 heteroatoms. The lowest BCUT2D eigenvalue weighted by molar-refractivity contribution is -0.118. The van der Waals surface area contributed by atoms with Crippen LogP contribution in [-0.2, 0) is 11.3 Å². The molecule has 0 saturated heterocycles. The van der Waals surface area contributed by atoms with Crippen molar-refractivity contribution in [3.05, 3.63) is 58.1 Å². The van der Waals surface area contributed by atoms with Crippen molar-refractivity contribution in [3.8, 4) is 5.75 Å². The molecule has 0 aromatic heterocycles. The molecule has 5 nitrogen and oxygen atoms in total. The van der Waals surface area contributed by atoms with Gasteiger partial charge < -0.3 is 15.4 Å². The highest BCUT2D eigenvalue weighted by Crippen LogP contribution is 2.28. The molecular formula is C19H20N2O3. The van der Waals surface area contributed by atoms with Crippen molar-refractivity contribution in [2.24, 2.45) is 0 Å². The summed E-state index contributed by atoms with van der Waals surface area (Å²) in [4.78, 5) is 23.7. The first-order valence-corrected chi connectivity index (χ1v) is 7.85. The third-order valence-electron chi connectivity index (χ3n) is 4.14. The Kier molecular flexibility index (Phi) is 4.25. The number of hydrogen-bond acceptors (Lipinski definition) is 3. The van der Waals surface area contributed by atoms with Crippen LogP contribution in [0.25, 0.3) is 0 Å². The van der Waals surface area contributed by atoms with Crippen LogP contribution in [0.15, 0.2) is 30.3 Å². The lowest BCUT2D eigenvalue weighted by atomic mass is 10.00. The fourth-order valence-electron chi connectivity index (χ4n) is 2.98. The van der Waals surface area contributed by atoms with Crippen LogP contribution in [0, 0.1) is 20.8 Å². The summed E-state index contributed by atoms with van der Waals surface area (Å²) in [5.41, 5.74) is 5.79. The van der Waals surface area contributed by atoms with E-state index < -0.39 is 0 Å². The SMILES string of the molecule is Cc1cc(C)c(CNC(=O)c2ccc3c(c2)OCC(=O)N3)c(C)c1.